The van der Waals surface area contributed by atoms with Crippen LogP contribution in [-0.4, -0.2) is 20.4 Å². The van der Waals surface area contributed by atoms with E-state index in [1.807, 2.05) is 12.1 Å². The summed E-state index contributed by atoms with van der Waals surface area (Å²) in [6.07, 6.45) is 2.66. The average molecular weight is 340 g/mol. The quantitative estimate of drug-likeness (QED) is 0.686. The van der Waals surface area contributed by atoms with Crippen molar-refractivity contribution in [1.82, 2.24) is 5.32 Å². The summed E-state index contributed by atoms with van der Waals surface area (Å²) in [5, 5.41) is 4.69. The lowest BCUT2D eigenvalue weighted by molar-refractivity contribution is 0.143. The van der Waals surface area contributed by atoms with Gasteiger partial charge in [0, 0.05) is 17.1 Å². The van der Waals surface area contributed by atoms with Gasteiger partial charge in [-0.2, -0.15) is 0 Å². The Bertz CT molecular complexity index is 491. The lowest BCUT2D eigenvalue weighted by atomic mass is 10.0. The molecule has 0 radical (unpaired) electrons. The van der Waals surface area contributed by atoms with E-state index in [2.05, 4.69) is 58.2 Å². The molecule has 0 aromatic heterocycles. The lowest BCUT2D eigenvalue weighted by Gasteiger charge is -2.41. The molecule has 1 N–H and O–H groups in total. The Kier molecular flexibility index (Phi) is 5.43. The summed E-state index contributed by atoms with van der Waals surface area (Å²) >= 11 is 6.05. The third kappa shape index (κ3) is 4.57. The molecule has 2 atom stereocenters. The van der Waals surface area contributed by atoms with Crippen LogP contribution < -0.4 is 5.32 Å². The number of halogens is 1. The smallest absolute Gasteiger partial charge is 0.192 e. The van der Waals surface area contributed by atoms with E-state index in [0.717, 1.165) is 5.02 Å². The third-order valence-corrected chi connectivity index (χ3v) is 9.66. The molecule has 2 rings (SSSR count). The summed E-state index contributed by atoms with van der Waals surface area (Å²) in [7, 11) is -1.83. The van der Waals surface area contributed by atoms with Crippen molar-refractivity contribution in [3.63, 3.8) is 0 Å². The van der Waals surface area contributed by atoms with Gasteiger partial charge in [-0.05, 0) is 55.6 Å². The van der Waals surface area contributed by atoms with Gasteiger partial charge >= 0.3 is 0 Å². The summed E-state index contributed by atoms with van der Waals surface area (Å²) in [4.78, 5) is 0. The zero-order valence-electron chi connectivity index (χ0n) is 14.7. The molecule has 2 unspecified atom stereocenters. The van der Waals surface area contributed by atoms with Crippen LogP contribution in [0, 0.1) is 0 Å². The maximum atomic E-state index is 6.75. The minimum Gasteiger partial charge on any atom is -0.408 e. The predicted molar refractivity (Wildman–Crippen MR) is 98.1 cm³/mol. The first kappa shape index (κ1) is 18.0. The molecule has 1 fully saturated rings. The Morgan fingerprint density at radius 3 is 2.18 bits per heavy atom. The molecule has 4 heteroatoms. The molecule has 0 amide bonds. The minimum atomic E-state index is -1.83. The molecule has 1 aromatic carbocycles. The van der Waals surface area contributed by atoms with Gasteiger partial charge in [-0.3, -0.25) is 0 Å². The van der Waals surface area contributed by atoms with Crippen LogP contribution >= 0.6 is 11.6 Å². The van der Waals surface area contributed by atoms with Gasteiger partial charge in [-0.25, -0.2) is 0 Å². The first-order chi connectivity index (χ1) is 10.1. The molecule has 0 heterocycles. The second kappa shape index (κ2) is 6.64. The maximum Gasteiger partial charge on any atom is 0.192 e. The van der Waals surface area contributed by atoms with E-state index < -0.39 is 8.32 Å². The highest BCUT2D eigenvalue weighted by molar-refractivity contribution is 6.74. The molecular formula is C18H30ClNOSi. The number of hydrogen-bond donors (Lipinski definition) is 1. The Balaban J connectivity index is 2.22. The standard InChI is InChI=1S/C18H30ClNOSi/c1-13(20-16-11-12-16)17(14-7-9-15(19)10-8-14)21-22(5,6)18(2,3)4/h7-10,13,16-17,20H,11-12H2,1-6H3. The van der Waals surface area contributed by atoms with Crippen molar-refractivity contribution >= 4 is 19.9 Å². The molecule has 1 aliphatic rings. The van der Waals surface area contributed by atoms with Gasteiger partial charge in [0.05, 0.1) is 6.10 Å². The summed E-state index contributed by atoms with van der Waals surface area (Å²) in [5.74, 6) is 0. The van der Waals surface area contributed by atoms with E-state index in [-0.39, 0.29) is 11.1 Å². The van der Waals surface area contributed by atoms with E-state index in [1.165, 1.54) is 18.4 Å². The van der Waals surface area contributed by atoms with Crippen LogP contribution in [-0.2, 0) is 4.43 Å². The Morgan fingerprint density at radius 2 is 1.73 bits per heavy atom. The summed E-state index contributed by atoms with van der Waals surface area (Å²) in [6.45, 7) is 13.7. The van der Waals surface area contributed by atoms with Crippen molar-refractivity contribution in [2.75, 3.05) is 0 Å². The number of benzene rings is 1. The van der Waals surface area contributed by atoms with Crippen LogP contribution in [0.1, 0.15) is 52.2 Å². The van der Waals surface area contributed by atoms with Crippen LogP contribution in [0.15, 0.2) is 24.3 Å². The zero-order chi connectivity index (χ0) is 16.5. The highest BCUT2D eigenvalue weighted by Gasteiger charge is 2.41. The summed E-state index contributed by atoms with van der Waals surface area (Å²) in [5.41, 5.74) is 1.22. The Morgan fingerprint density at radius 1 is 1.18 bits per heavy atom. The van der Waals surface area contributed by atoms with E-state index in [9.17, 15) is 0 Å². The molecule has 1 aromatic rings. The topological polar surface area (TPSA) is 21.3 Å². The first-order valence-electron chi connectivity index (χ1n) is 8.29. The molecule has 0 bridgehead atoms. The van der Waals surface area contributed by atoms with Gasteiger partial charge in [0.25, 0.3) is 0 Å². The van der Waals surface area contributed by atoms with Crippen LogP contribution in [0.4, 0.5) is 0 Å². The van der Waals surface area contributed by atoms with Gasteiger partial charge < -0.3 is 9.74 Å². The number of rotatable bonds is 6. The van der Waals surface area contributed by atoms with Gasteiger partial charge in [-0.15, -0.1) is 0 Å². The fraction of sp³-hybridized carbons (Fsp3) is 0.667. The van der Waals surface area contributed by atoms with Gasteiger partial charge in [0.2, 0.25) is 0 Å². The number of hydrogen-bond acceptors (Lipinski definition) is 2. The molecule has 124 valence electrons. The van der Waals surface area contributed by atoms with Gasteiger partial charge in [0.15, 0.2) is 8.32 Å². The van der Waals surface area contributed by atoms with Crippen LogP contribution in [0.5, 0.6) is 0 Å². The van der Waals surface area contributed by atoms with Crippen molar-refractivity contribution in [2.24, 2.45) is 0 Å². The average Bonchev–Trinajstić information content (AvgIpc) is 3.19. The molecule has 2 nitrogen and oxygen atoms in total. The Hall–Kier alpha value is -0.353. The van der Waals surface area contributed by atoms with Crippen molar-refractivity contribution < 1.29 is 4.43 Å². The molecule has 1 saturated carbocycles. The van der Waals surface area contributed by atoms with E-state index in [1.54, 1.807) is 0 Å². The minimum absolute atomic E-state index is 0.0822. The molecule has 0 saturated heterocycles. The van der Waals surface area contributed by atoms with E-state index in [4.69, 9.17) is 16.0 Å². The predicted octanol–water partition coefficient (Wildman–Crippen LogP) is 5.54. The second-order valence-corrected chi connectivity index (χ2v) is 13.3. The van der Waals surface area contributed by atoms with Crippen LogP contribution in [0.25, 0.3) is 0 Å². The van der Waals surface area contributed by atoms with Crippen molar-refractivity contribution in [3.05, 3.63) is 34.9 Å². The van der Waals surface area contributed by atoms with Crippen LogP contribution in [0.2, 0.25) is 23.2 Å². The fourth-order valence-corrected chi connectivity index (χ4v) is 3.77. The van der Waals surface area contributed by atoms with E-state index in [0.29, 0.717) is 12.1 Å². The third-order valence-electron chi connectivity index (χ3n) is 4.96. The first-order valence-corrected chi connectivity index (χ1v) is 11.6. The normalized spacial score (nSPS) is 19.0. The fourth-order valence-electron chi connectivity index (χ4n) is 2.31. The van der Waals surface area contributed by atoms with Crippen LogP contribution in [0.3, 0.4) is 0 Å². The molecular weight excluding hydrogens is 310 g/mol. The molecule has 22 heavy (non-hydrogen) atoms. The monoisotopic (exact) mass is 339 g/mol. The maximum absolute atomic E-state index is 6.75. The van der Waals surface area contributed by atoms with Gasteiger partial charge in [0.1, 0.15) is 0 Å². The van der Waals surface area contributed by atoms with Crippen molar-refractivity contribution in [2.45, 2.75) is 76.9 Å². The van der Waals surface area contributed by atoms with E-state index >= 15 is 0 Å². The summed E-state index contributed by atoms with van der Waals surface area (Å²) < 4.78 is 6.75. The SMILES string of the molecule is CC(NC1CC1)C(O[Si](C)(C)C(C)(C)C)c1ccc(Cl)cc1. The highest BCUT2D eigenvalue weighted by Crippen LogP contribution is 2.41. The molecule has 0 aliphatic heterocycles. The largest absolute Gasteiger partial charge is 0.408 e. The highest BCUT2D eigenvalue weighted by atomic mass is 35.5. The zero-order valence-corrected chi connectivity index (χ0v) is 16.5. The van der Waals surface area contributed by atoms with Gasteiger partial charge in [-0.1, -0.05) is 44.5 Å². The second-order valence-electron chi connectivity index (χ2n) is 8.08. The lowest BCUT2D eigenvalue weighted by Crippen LogP contribution is -2.46. The van der Waals surface area contributed by atoms with Crippen molar-refractivity contribution in [3.8, 4) is 0 Å². The summed E-state index contributed by atoms with van der Waals surface area (Å²) in [6, 6.07) is 9.11. The number of nitrogens with one attached hydrogen (secondary N) is 1. The Labute approximate surface area is 141 Å². The molecule has 1 aliphatic carbocycles. The van der Waals surface area contributed by atoms with Crippen molar-refractivity contribution in [1.29, 1.82) is 0 Å². The molecule has 0 spiro atoms.